The SMILES string of the molecule is C=CCN(C(=O)C1N([C@H](C)CO)C(=O)[C@@H]2[C@H](C(=O)N(CC=C)c3ccccc3)[C@]3(C)CCC12S3)c1ccc(N(CC)CC)cc1. The van der Waals surface area contributed by atoms with Gasteiger partial charge in [-0.25, -0.2) is 0 Å². The Morgan fingerprint density at radius 1 is 0.956 bits per heavy atom. The van der Waals surface area contributed by atoms with Crippen molar-refractivity contribution in [2.24, 2.45) is 11.8 Å². The summed E-state index contributed by atoms with van der Waals surface area (Å²) in [7, 11) is 0. The van der Waals surface area contributed by atoms with Gasteiger partial charge in [-0.2, -0.15) is 0 Å². The van der Waals surface area contributed by atoms with E-state index in [0.717, 1.165) is 30.2 Å². The number of aliphatic hydroxyl groups is 1. The summed E-state index contributed by atoms with van der Waals surface area (Å²) in [6.07, 6.45) is 4.74. The number of likely N-dealkylation sites (tertiary alicyclic amines) is 1. The number of anilines is 3. The molecule has 3 fully saturated rings. The molecule has 2 bridgehead atoms. The van der Waals surface area contributed by atoms with Gasteiger partial charge in [0.1, 0.15) is 6.04 Å². The topological polar surface area (TPSA) is 84.4 Å². The van der Waals surface area contributed by atoms with Crippen LogP contribution in [0.1, 0.15) is 40.5 Å². The van der Waals surface area contributed by atoms with Crippen LogP contribution in [0.4, 0.5) is 17.1 Å². The molecule has 240 valence electrons. The highest BCUT2D eigenvalue weighted by atomic mass is 32.2. The number of amides is 3. The number of fused-ring (bicyclic) bond motifs is 1. The third-order valence-electron chi connectivity index (χ3n) is 9.97. The van der Waals surface area contributed by atoms with Gasteiger partial charge < -0.3 is 24.7 Å². The first-order chi connectivity index (χ1) is 21.6. The number of rotatable bonds is 13. The molecule has 0 radical (unpaired) electrons. The molecule has 3 saturated heterocycles. The maximum absolute atomic E-state index is 14.9. The molecule has 6 atom stereocenters. The molecule has 5 rings (SSSR count). The number of benzene rings is 2. The van der Waals surface area contributed by atoms with E-state index in [9.17, 15) is 19.5 Å². The van der Waals surface area contributed by atoms with E-state index in [1.165, 1.54) is 0 Å². The lowest BCUT2D eigenvalue weighted by Gasteiger charge is -2.39. The summed E-state index contributed by atoms with van der Waals surface area (Å²) in [5, 5.41) is 10.3. The summed E-state index contributed by atoms with van der Waals surface area (Å²) in [5.41, 5.74) is 2.54. The van der Waals surface area contributed by atoms with Gasteiger partial charge in [0, 0.05) is 48.0 Å². The van der Waals surface area contributed by atoms with E-state index in [-0.39, 0.29) is 30.9 Å². The van der Waals surface area contributed by atoms with Crippen LogP contribution in [0.15, 0.2) is 79.9 Å². The molecular weight excluding hydrogens is 584 g/mol. The molecule has 3 amide bonds. The largest absolute Gasteiger partial charge is 0.394 e. The van der Waals surface area contributed by atoms with Crippen molar-refractivity contribution in [3.8, 4) is 0 Å². The highest BCUT2D eigenvalue weighted by Gasteiger charge is 2.78. The maximum Gasteiger partial charge on any atom is 0.251 e. The smallest absolute Gasteiger partial charge is 0.251 e. The minimum Gasteiger partial charge on any atom is -0.394 e. The number of hydrogen-bond donors (Lipinski definition) is 1. The van der Waals surface area contributed by atoms with Crippen LogP contribution in [-0.4, -0.2) is 82.1 Å². The number of thioether (sulfide) groups is 1. The van der Waals surface area contributed by atoms with Crippen molar-refractivity contribution >= 4 is 46.5 Å². The predicted octanol–water partition coefficient (Wildman–Crippen LogP) is 5.13. The second-order valence-electron chi connectivity index (χ2n) is 12.5. The lowest BCUT2D eigenvalue weighted by atomic mass is 9.66. The second kappa shape index (κ2) is 13.0. The van der Waals surface area contributed by atoms with Crippen molar-refractivity contribution in [1.82, 2.24) is 4.90 Å². The van der Waals surface area contributed by atoms with Gasteiger partial charge in [-0.05, 0) is 76.9 Å². The van der Waals surface area contributed by atoms with Gasteiger partial charge in [-0.1, -0.05) is 30.4 Å². The van der Waals surface area contributed by atoms with E-state index in [2.05, 4.69) is 38.8 Å². The van der Waals surface area contributed by atoms with Crippen LogP contribution < -0.4 is 14.7 Å². The molecule has 3 aliphatic heterocycles. The van der Waals surface area contributed by atoms with E-state index >= 15 is 0 Å². The Hall–Kier alpha value is -3.56. The number of nitrogens with zero attached hydrogens (tertiary/aromatic N) is 4. The van der Waals surface area contributed by atoms with E-state index < -0.39 is 33.4 Å². The van der Waals surface area contributed by atoms with Crippen LogP contribution in [0.2, 0.25) is 0 Å². The first-order valence-electron chi connectivity index (χ1n) is 16.0. The third kappa shape index (κ3) is 5.37. The van der Waals surface area contributed by atoms with Gasteiger partial charge in [-0.15, -0.1) is 24.9 Å². The summed E-state index contributed by atoms with van der Waals surface area (Å²) in [4.78, 5) is 51.3. The van der Waals surface area contributed by atoms with Crippen LogP contribution >= 0.6 is 11.8 Å². The zero-order chi connectivity index (χ0) is 32.5. The summed E-state index contributed by atoms with van der Waals surface area (Å²) in [6, 6.07) is 16.0. The first kappa shape index (κ1) is 32.8. The Balaban J connectivity index is 1.57. The molecule has 2 unspecified atom stereocenters. The number of carbonyl (C=O) groups is 3. The zero-order valence-corrected chi connectivity index (χ0v) is 27.7. The van der Waals surface area contributed by atoms with Gasteiger partial charge in [0.05, 0.1) is 29.2 Å². The summed E-state index contributed by atoms with van der Waals surface area (Å²) in [6.45, 7) is 17.9. The Kier molecular flexibility index (Phi) is 9.52. The van der Waals surface area contributed by atoms with Crippen LogP contribution in [-0.2, 0) is 14.4 Å². The lowest BCUT2D eigenvalue weighted by molar-refractivity contribution is -0.142. The molecule has 3 heterocycles. The fraction of sp³-hybridized carbons (Fsp3) is 0.472. The Bertz CT molecular complexity index is 1430. The molecule has 3 aliphatic rings. The van der Waals surface area contributed by atoms with Crippen molar-refractivity contribution in [2.75, 3.05) is 47.5 Å². The molecule has 8 nitrogen and oxygen atoms in total. The van der Waals surface area contributed by atoms with Crippen molar-refractivity contribution in [1.29, 1.82) is 0 Å². The molecular formula is C36H46N4O4S. The molecule has 0 aliphatic carbocycles. The van der Waals surface area contributed by atoms with Crippen molar-refractivity contribution < 1.29 is 19.5 Å². The number of para-hydroxylation sites is 1. The normalized spacial score (nSPS) is 27.2. The van der Waals surface area contributed by atoms with E-state index in [1.54, 1.807) is 45.5 Å². The van der Waals surface area contributed by atoms with Crippen LogP contribution in [0.5, 0.6) is 0 Å². The molecule has 2 aromatic carbocycles. The van der Waals surface area contributed by atoms with E-state index in [4.69, 9.17) is 0 Å². The van der Waals surface area contributed by atoms with Gasteiger partial charge >= 0.3 is 0 Å². The monoisotopic (exact) mass is 630 g/mol. The lowest BCUT2D eigenvalue weighted by Crippen LogP contribution is -2.57. The fourth-order valence-electron chi connectivity index (χ4n) is 7.84. The molecule has 45 heavy (non-hydrogen) atoms. The van der Waals surface area contributed by atoms with Gasteiger partial charge in [0.2, 0.25) is 11.8 Å². The minimum absolute atomic E-state index is 0.129. The molecule has 1 spiro atoms. The second-order valence-corrected chi connectivity index (χ2v) is 14.4. The van der Waals surface area contributed by atoms with E-state index in [0.29, 0.717) is 19.4 Å². The fourth-order valence-corrected chi connectivity index (χ4v) is 10.2. The molecule has 9 heteroatoms. The average Bonchev–Trinajstić information content (AvgIpc) is 3.63. The van der Waals surface area contributed by atoms with E-state index in [1.807, 2.05) is 54.6 Å². The Morgan fingerprint density at radius 2 is 1.51 bits per heavy atom. The van der Waals surface area contributed by atoms with Crippen molar-refractivity contribution in [2.45, 2.75) is 62.1 Å². The number of hydrogen-bond acceptors (Lipinski definition) is 6. The van der Waals surface area contributed by atoms with Crippen LogP contribution in [0.25, 0.3) is 0 Å². The average molecular weight is 631 g/mol. The molecule has 1 N–H and O–H groups in total. The van der Waals surface area contributed by atoms with Crippen LogP contribution in [0, 0.1) is 11.8 Å². The summed E-state index contributed by atoms with van der Waals surface area (Å²) in [5.74, 6) is -1.89. The van der Waals surface area contributed by atoms with Crippen molar-refractivity contribution in [3.63, 3.8) is 0 Å². The first-order valence-corrected chi connectivity index (χ1v) is 16.8. The predicted molar refractivity (Wildman–Crippen MR) is 184 cm³/mol. The van der Waals surface area contributed by atoms with Gasteiger partial charge in [0.25, 0.3) is 5.91 Å². The van der Waals surface area contributed by atoms with Crippen LogP contribution in [0.3, 0.4) is 0 Å². The Labute approximate surface area is 271 Å². The van der Waals surface area contributed by atoms with Gasteiger partial charge in [0.15, 0.2) is 0 Å². The quantitative estimate of drug-likeness (QED) is 0.309. The molecule has 0 aromatic heterocycles. The number of carbonyl (C=O) groups excluding carboxylic acids is 3. The Morgan fingerprint density at radius 3 is 2.07 bits per heavy atom. The highest BCUT2D eigenvalue weighted by Crippen LogP contribution is 2.72. The molecule has 0 saturated carbocycles. The standard InChI is InChI=1S/C36H46N4O4S/c1-7-22-38(27-14-12-11-13-15-27)32(42)29-30-33(43)40(25(5)24-41)31(36(30)21-20-35(29,6)45-36)34(44)39(23-8-2)28-18-16-26(17-19-28)37(9-3)10-4/h7-8,11-19,25,29-31,41H,1-2,9-10,20-24H2,3-6H3/t25-,29-,30+,31?,35+,36?/m1/s1. The maximum atomic E-state index is 14.9. The third-order valence-corrected chi connectivity index (χ3v) is 12.0. The minimum atomic E-state index is -0.839. The summed E-state index contributed by atoms with van der Waals surface area (Å²) < 4.78 is -1.32. The number of aliphatic hydroxyl groups excluding tert-OH is 1. The zero-order valence-electron chi connectivity index (χ0n) is 26.9. The highest BCUT2D eigenvalue weighted by molar-refractivity contribution is 8.02. The molecule has 2 aromatic rings. The van der Waals surface area contributed by atoms with Gasteiger partial charge in [-0.3, -0.25) is 14.4 Å². The van der Waals surface area contributed by atoms with Crippen molar-refractivity contribution in [3.05, 3.63) is 79.9 Å². The summed E-state index contributed by atoms with van der Waals surface area (Å²) >= 11 is 1.64.